The number of benzene rings is 1. The van der Waals surface area contributed by atoms with Crippen molar-refractivity contribution in [3.8, 4) is 5.75 Å². The van der Waals surface area contributed by atoms with Crippen molar-refractivity contribution >= 4 is 11.4 Å². The molecule has 2 aromatic rings. The maximum Gasteiger partial charge on any atom is 0.144 e. The Hall–Kier alpha value is -2.17. The molecule has 2 rings (SSSR count). The number of rotatable bonds is 5. The number of nitrogen functional groups attached to an aromatic ring is 1. The van der Waals surface area contributed by atoms with Crippen LogP contribution in [0.3, 0.4) is 0 Å². The summed E-state index contributed by atoms with van der Waals surface area (Å²) in [6.45, 7) is 3.19. The van der Waals surface area contributed by atoms with Crippen molar-refractivity contribution in [2.75, 3.05) is 17.7 Å². The number of anilines is 2. The number of H-pyrrole nitrogens is 1. The van der Waals surface area contributed by atoms with Gasteiger partial charge in [-0.15, -0.1) is 0 Å². The number of nitrogens with zero attached hydrogens (tertiary/aromatic N) is 1. The number of ether oxygens (including phenoxy) is 1. The summed E-state index contributed by atoms with van der Waals surface area (Å²) < 4.78 is 5.43. The molecule has 0 spiro atoms. The zero-order valence-electron chi connectivity index (χ0n) is 9.73. The largest absolute Gasteiger partial charge is 0.492 e. The smallest absolute Gasteiger partial charge is 0.144 e. The van der Waals surface area contributed by atoms with E-state index >= 15 is 0 Å². The molecule has 0 saturated heterocycles. The Morgan fingerprint density at radius 2 is 2.35 bits per heavy atom. The van der Waals surface area contributed by atoms with Gasteiger partial charge in [-0.05, 0) is 19.1 Å². The molecule has 0 atom stereocenters. The second kappa shape index (κ2) is 5.25. The molecular formula is C12H16N4O. The van der Waals surface area contributed by atoms with Crippen molar-refractivity contribution < 1.29 is 4.74 Å². The summed E-state index contributed by atoms with van der Waals surface area (Å²) in [5.41, 5.74) is 8.50. The van der Waals surface area contributed by atoms with Gasteiger partial charge in [-0.25, -0.2) is 4.98 Å². The number of aromatic amines is 1. The molecule has 0 bridgehead atoms. The Bertz CT molecular complexity index is 467. The van der Waals surface area contributed by atoms with E-state index < -0.39 is 0 Å². The second-order valence-electron chi connectivity index (χ2n) is 3.58. The van der Waals surface area contributed by atoms with Gasteiger partial charge in [-0.3, -0.25) is 0 Å². The van der Waals surface area contributed by atoms with Gasteiger partial charge in [0.25, 0.3) is 0 Å². The number of nitrogens with two attached hydrogens (primary N) is 1. The van der Waals surface area contributed by atoms with Crippen molar-refractivity contribution in [1.82, 2.24) is 9.97 Å². The van der Waals surface area contributed by atoms with E-state index in [2.05, 4.69) is 15.3 Å². The van der Waals surface area contributed by atoms with Gasteiger partial charge in [0.1, 0.15) is 5.75 Å². The van der Waals surface area contributed by atoms with E-state index in [1.807, 2.05) is 25.1 Å². The predicted molar refractivity (Wildman–Crippen MR) is 67.9 cm³/mol. The average molecular weight is 232 g/mol. The molecule has 0 radical (unpaired) electrons. The molecule has 0 aliphatic carbocycles. The zero-order valence-corrected chi connectivity index (χ0v) is 9.73. The van der Waals surface area contributed by atoms with Crippen LogP contribution in [0.2, 0.25) is 0 Å². The monoisotopic (exact) mass is 232 g/mol. The van der Waals surface area contributed by atoms with Crippen LogP contribution < -0.4 is 15.8 Å². The van der Waals surface area contributed by atoms with Gasteiger partial charge in [-0.2, -0.15) is 0 Å². The van der Waals surface area contributed by atoms with Gasteiger partial charge >= 0.3 is 0 Å². The molecule has 5 heteroatoms. The number of aromatic nitrogens is 2. The third kappa shape index (κ3) is 2.69. The number of hydrogen-bond donors (Lipinski definition) is 3. The Kier molecular flexibility index (Phi) is 3.49. The first kappa shape index (κ1) is 11.3. The Balaban J connectivity index is 2.07. The molecule has 0 aliphatic rings. The van der Waals surface area contributed by atoms with E-state index in [9.17, 15) is 0 Å². The molecule has 0 amide bonds. The fourth-order valence-electron chi connectivity index (χ4n) is 1.55. The summed E-state index contributed by atoms with van der Waals surface area (Å²) in [5.74, 6) is 0.710. The van der Waals surface area contributed by atoms with E-state index in [0.717, 1.165) is 11.4 Å². The third-order valence-electron chi connectivity index (χ3n) is 2.39. The van der Waals surface area contributed by atoms with Gasteiger partial charge in [0.2, 0.25) is 0 Å². The van der Waals surface area contributed by atoms with Crippen LogP contribution in [-0.2, 0) is 6.54 Å². The highest BCUT2D eigenvalue weighted by Gasteiger charge is 2.05. The topological polar surface area (TPSA) is 76.0 Å². The lowest BCUT2D eigenvalue weighted by Crippen LogP contribution is -2.04. The molecule has 5 nitrogen and oxygen atoms in total. The SMILES string of the molecule is CCOc1cccc(NCc2cnc[nH]2)c1N. The van der Waals surface area contributed by atoms with Crippen molar-refractivity contribution in [3.63, 3.8) is 0 Å². The first-order valence-electron chi connectivity index (χ1n) is 5.53. The molecule has 1 aromatic carbocycles. The number of imidazole rings is 1. The normalized spacial score (nSPS) is 10.2. The first-order chi connectivity index (χ1) is 8.31. The molecule has 17 heavy (non-hydrogen) atoms. The van der Waals surface area contributed by atoms with Crippen molar-refractivity contribution in [2.24, 2.45) is 0 Å². The Morgan fingerprint density at radius 3 is 3.06 bits per heavy atom. The number of para-hydroxylation sites is 1. The lowest BCUT2D eigenvalue weighted by atomic mass is 10.2. The molecule has 4 N–H and O–H groups in total. The van der Waals surface area contributed by atoms with E-state index in [-0.39, 0.29) is 0 Å². The van der Waals surface area contributed by atoms with Crippen LogP contribution in [0.1, 0.15) is 12.6 Å². The van der Waals surface area contributed by atoms with E-state index in [4.69, 9.17) is 10.5 Å². The quantitative estimate of drug-likeness (QED) is 0.689. The molecule has 0 aliphatic heterocycles. The van der Waals surface area contributed by atoms with Crippen LogP contribution in [0.4, 0.5) is 11.4 Å². The highest BCUT2D eigenvalue weighted by Crippen LogP contribution is 2.29. The van der Waals surface area contributed by atoms with Gasteiger partial charge in [0.15, 0.2) is 0 Å². The molecule has 0 fully saturated rings. The zero-order chi connectivity index (χ0) is 12.1. The third-order valence-corrected chi connectivity index (χ3v) is 2.39. The summed E-state index contributed by atoms with van der Waals surface area (Å²) in [5, 5.41) is 3.24. The van der Waals surface area contributed by atoms with Crippen LogP contribution in [0.5, 0.6) is 5.75 Å². The lowest BCUT2D eigenvalue weighted by molar-refractivity contribution is 0.342. The second-order valence-corrected chi connectivity index (χ2v) is 3.58. The van der Waals surface area contributed by atoms with Gasteiger partial charge in [0.05, 0.1) is 36.5 Å². The average Bonchev–Trinajstić information content (AvgIpc) is 2.83. The molecule has 1 heterocycles. The maximum absolute atomic E-state index is 6.00. The van der Waals surface area contributed by atoms with Crippen LogP contribution in [0.15, 0.2) is 30.7 Å². The minimum absolute atomic E-state index is 0.605. The van der Waals surface area contributed by atoms with E-state index in [1.54, 1.807) is 12.5 Å². The summed E-state index contributed by atoms with van der Waals surface area (Å²) in [6, 6.07) is 5.70. The Morgan fingerprint density at radius 1 is 1.47 bits per heavy atom. The minimum atomic E-state index is 0.605. The predicted octanol–water partition coefficient (Wildman–Crippen LogP) is 2.00. The fourth-order valence-corrected chi connectivity index (χ4v) is 1.55. The van der Waals surface area contributed by atoms with E-state index in [0.29, 0.717) is 24.6 Å². The van der Waals surface area contributed by atoms with Crippen LogP contribution in [-0.4, -0.2) is 16.6 Å². The standard InChI is InChI=1S/C12H16N4O/c1-2-17-11-5-3-4-10(12(11)13)15-7-9-6-14-8-16-9/h3-6,8,15H,2,7,13H2,1H3,(H,14,16). The maximum atomic E-state index is 6.00. The summed E-state index contributed by atoms with van der Waals surface area (Å²) in [6.07, 6.45) is 3.42. The van der Waals surface area contributed by atoms with Crippen LogP contribution >= 0.6 is 0 Å². The number of nitrogens with one attached hydrogen (secondary N) is 2. The highest BCUT2D eigenvalue weighted by molar-refractivity contribution is 5.72. The molecule has 90 valence electrons. The fraction of sp³-hybridized carbons (Fsp3) is 0.250. The van der Waals surface area contributed by atoms with Gasteiger partial charge in [0, 0.05) is 6.20 Å². The summed E-state index contributed by atoms with van der Waals surface area (Å²) in [7, 11) is 0. The summed E-state index contributed by atoms with van der Waals surface area (Å²) >= 11 is 0. The van der Waals surface area contributed by atoms with Gasteiger partial charge < -0.3 is 20.8 Å². The molecule has 1 aromatic heterocycles. The molecular weight excluding hydrogens is 216 g/mol. The van der Waals surface area contributed by atoms with Crippen molar-refractivity contribution in [1.29, 1.82) is 0 Å². The van der Waals surface area contributed by atoms with E-state index in [1.165, 1.54) is 0 Å². The molecule has 0 saturated carbocycles. The summed E-state index contributed by atoms with van der Waals surface area (Å²) in [4.78, 5) is 6.97. The number of hydrogen-bond acceptors (Lipinski definition) is 4. The van der Waals surface area contributed by atoms with Crippen LogP contribution in [0, 0.1) is 0 Å². The minimum Gasteiger partial charge on any atom is -0.492 e. The lowest BCUT2D eigenvalue weighted by Gasteiger charge is -2.12. The van der Waals surface area contributed by atoms with Gasteiger partial charge in [-0.1, -0.05) is 6.07 Å². The Labute approximate surface area is 100 Å². The first-order valence-corrected chi connectivity index (χ1v) is 5.53. The highest BCUT2D eigenvalue weighted by atomic mass is 16.5. The van der Waals surface area contributed by atoms with Crippen molar-refractivity contribution in [2.45, 2.75) is 13.5 Å². The van der Waals surface area contributed by atoms with Crippen molar-refractivity contribution in [3.05, 3.63) is 36.4 Å². The van der Waals surface area contributed by atoms with Crippen LogP contribution in [0.25, 0.3) is 0 Å². The molecule has 0 unspecified atom stereocenters.